The second kappa shape index (κ2) is 6.72. The number of fused-ring (bicyclic) bond motifs is 1. The van der Waals surface area contributed by atoms with E-state index >= 15 is 0 Å². The predicted octanol–water partition coefficient (Wildman–Crippen LogP) is 4.44. The molecule has 0 fully saturated rings. The molecule has 4 rings (SSSR count). The Labute approximate surface area is 154 Å². The van der Waals surface area contributed by atoms with Crippen molar-refractivity contribution in [3.63, 3.8) is 0 Å². The average molecular weight is 364 g/mol. The van der Waals surface area contributed by atoms with Crippen LogP contribution < -0.4 is 0 Å². The van der Waals surface area contributed by atoms with Gasteiger partial charge in [0.2, 0.25) is 0 Å². The van der Waals surface area contributed by atoms with Crippen LogP contribution in [0.5, 0.6) is 0 Å². The van der Waals surface area contributed by atoms with Gasteiger partial charge < -0.3 is 4.90 Å². The molecule has 6 heteroatoms. The summed E-state index contributed by atoms with van der Waals surface area (Å²) in [6.45, 7) is 0.592. The van der Waals surface area contributed by atoms with Crippen molar-refractivity contribution >= 4 is 22.9 Å². The summed E-state index contributed by atoms with van der Waals surface area (Å²) in [4.78, 5) is 26.9. The Hall–Kier alpha value is -2.99. The van der Waals surface area contributed by atoms with Gasteiger partial charge in [-0.25, -0.2) is 0 Å². The lowest BCUT2D eigenvalue weighted by Gasteiger charge is -2.36. The van der Waals surface area contributed by atoms with Crippen LogP contribution in [0.4, 0.5) is 5.69 Å². The number of nitrogens with zero attached hydrogens (tertiary/aromatic N) is 2. The Bertz CT molecular complexity index is 968. The van der Waals surface area contributed by atoms with E-state index in [2.05, 4.69) is 11.4 Å². The number of benzene rings is 2. The van der Waals surface area contributed by atoms with Gasteiger partial charge in [-0.3, -0.25) is 14.9 Å². The molecule has 1 unspecified atom stereocenters. The molecule has 1 aliphatic rings. The highest BCUT2D eigenvalue weighted by atomic mass is 32.1. The Morgan fingerprint density at radius 3 is 2.69 bits per heavy atom. The molecule has 2 heterocycles. The van der Waals surface area contributed by atoms with E-state index in [4.69, 9.17) is 0 Å². The second-order valence-electron chi connectivity index (χ2n) is 6.17. The van der Waals surface area contributed by atoms with Crippen LogP contribution in [-0.2, 0) is 6.42 Å². The number of hydrogen-bond donors (Lipinski definition) is 0. The van der Waals surface area contributed by atoms with Crippen LogP contribution in [0.15, 0.2) is 66.0 Å². The number of nitro benzene ring substituents is 1. The Balaban J connectivity index is 1.76. The van der Waals surface area contributed by atoms with Gasteiger partial charge in [-0.05, 0) is 35.1 Å². The minimum absolute atomic E-state index is 0.0691. The van der Waals surface area contributed by atoms with Crippen molar-refractivity contribution in [2.75, 3.05) is 6.54 Å². The second-order valence-corrected chi connectivity index (χ2v) is 7.17. The van der Waals surface area contributed by atoms with Gasteiger partial charge in [0.05, 0.1) is 11.0 Å². The van der Waals surface area contributed by atoms with Crippen molar-refractivity contribution in [2.45, 2.75) is 12.5 Å². The Morgan fingerprint density at radius 2 is 1.92 bits per heavy atom. The summed E-state index contributed by atoms with van der Waals surface area (Å²) >= 11 is 1.71. The Kier molecular flexibility index (Phi) is 4.26. The molecule has 0 aliphatic carbocycles. The minimum atomic E-state index is -0.474. The SMILES string of the molecule is O=C(c1cccc([N+](=O)[O-])c1)N1CCc2sccc2C1c1ccccc1. The zero-order chi connectivity index (χ0) is 18.1. The normalized spacial score (nSPS) is 16.2. The first-order chi connectivity index (χ1) is 12.6. The van der Waals surface area contributed by atoms with Crippen LogP contribution in [-0.4, -0.2) is 22.3 Å². The number of non-ortho nitro benzene ring substituents is 1. The van der Waals surface area contributed by atoms with Crippen molar-refractivity contribution in [3.8, 4) is 0 Å². The van der Waals surface area contributed by atoms with Crippen LogP contribution in [0, 0.1) is 10.1 Å². The van der Waals surface area contributed by atoms with Crippen LogP contribution >= 0.6 is 11.3 Å². The topological polar surface area (TPSA) is 63.4 Å². The van der Waals surface area contributed by atoms with E-state index in [1.807, 2.05) is 35.2 Å². The molecule has 1 atom stereocenters. The molecule has 3 aromatic rings. The van der Waals surface area contributed by atoms with Gasteiger partial charge in [0.1, 0.15) is 0 Å². The minimum Gasteiger partial charge on any atom is -0.327 e. The van der Waals surface area contributed by atoms with E-state index in [1.165, 1.54) is 17.0 Å². The van der Waals surface area contributed by atoms with Crippen molar-refractivity contribution in [1.82, 2.24) is 4.90 Å². The van der Waals surface area contributed by atoms with Crippen molar-refractivity contribution in [2.24, 2.45) is 0 Å². The third kappa shape index (κ3) is 2.88. The maximum absolute atomic E-state index is 13.2. The lowest BCUT2D eigenvalue weighted by Crippen LogP contribution is -2.40. The predicted molar refractivity (Wildman–Crippen MR) is 100 cm³/mol. The van der Waals surface area contributed by atoms with E-state index in [-0.39, 0.29) is 17.6 Å². The van der Waals surface area contributed by atoms with E-state index in [0.29, 0.717) is 12.1 Å². The van der Waals surface area contributed by atoms with Crippen LogP contribution in [0.2, 0.25) is 0 Å². The highest BCUT2D eigenvalue weighted by molar-refractivity contribution is 7.10. The van der Waals surface area contributed by atoms with E-state index < -0.39 is 4.92 Å². The summed E-state index contributed by atoms with van der Waals surface area (Å²) in [7, 11) is 0. The van der Waals surface area contributed by atoms with E-state index in [1.54, 1.807) is 23.5 Å². The summed E-state index contributed by atoms with van der Waals surface area (Å²) in [6, 6.07) is 17.8. The molecule has 5 nitrogen and oxygen atoms in total. The molecule has 1 amide bonds. The largest absolute Gasteiger partial charge is 0.327 e. The van der Waals surface area contributed by atoms with Crippen LogP contribution in [0.3, 0.4) is 0 Å². The summed E-state index contributed by atoms with van der Waals surface area (Å²) < 4.78 is 0. The standard InChI is InChI=1S/C20H16N2O3S/c23-20(15-7-4-8-16(13-15)22(24)25)21-11-9-18-17(10-12-26-18)19(21)14-5-2-1-3-6-14/h1-8,10,12-13,19H,9,11H2. The molecule has 2 aromatic carbocycles. The fraction of sp³-hybridized carbons (Fsp3) is 0.150. The summed E-state index contributed by atoms with van der Waals surface area (Å²) in [5.74, 6) is -0.181. The molecular formula is C20H16N2O3S. The van der Waals surface area contributed by atoms with Gasteiger partial charge in [0.15, 0.2) is 0 Å². The molecule has 1 aromatic heterocycles. The quantitative estimate of drug-likeness (QED) is 0.510. The number of carbonyl (C=O) groups excluding carboxylic acids is 1. The number of thiophene rings is 1. The van der Waals surface area contributed by atoms with Gasteiger partial charge in [-0.1, -0.05) is 36.4 Å². The monoisotopic (exact) mass is 364 g/mol. The lowest BCUT2D eigenvalue weighted by atomic mass is 9.92. The molecule has 0 bridgehead atoms. The van der Waals surface area contributed by atoms with E-state index in [9.17, 15) is 14.9 Å². The zero-order valence-corrected chi connectivity index (χ0v) is 14.7. The van der Waals surface area contributed by atoms with Gasteiger partial charge in [0.25, 0.3) is 11.6 Å². The van der Waals surface area contributed by atoms with Crippen LogP contribution in [0.25, 0.3) is 0 Å². The molecule has 0 saturated heterocycles. The highest BCUT2D eigenvalue weighted by Gasteiger charge is 2.33. The van der Waals surface area contributed by atoms with Crippen molar-refractivity contribution in [3.05, 3.63) is 97.7 Å². The number of carbonyl (C=O) groups is 1. The maximum Gasteiger partial charge on any atom is 0.270 e. The first-order valence-corrected chi connectivity index (χ1v) is 9.20. The van der Waals surface area contributed by atoms with Gasteiger partial charge in [-0.15, -0.1) is 11.3 Å². The first kappa shape index (κ1) is 16.5. The molecule has 26 heavy (non-hydrogen) atoms. The Morgan fingerprint density at radius 1 is 1.12 bits per heavy atom. The molecule has 0 N–H and O–H groups in total. The summed E-state index contributed by atoms with van der Waals surface area (Å²) in [6.07, 6.45) is 0.803. The average Bonchev–Trinajstić information content (AvgIpc) is 3.16. The van der Waals surface area contributed by atoms with Crippen molar-refractivity contribution in [1.29, 1.82) is 0 Å². The summed E-state index contributed by atoms with van der Waals surface area (Å²) in [5, 5.41) is 13.1. The third-order valence-electron chi connectivity index (χ3n) is 4.65. The summed E-state index contributed by atoms with van der Waals surface area (Å²) in [5.41, 5.74) is 2.47. The zero-order valence-electron chi connectivity index (χ0n) is 13.9. The fourth-order valence-corrected chi connectivity index (χ4v) is 4.35. The number of nitro groups is 1. The van der Waals surface area contributed by atoms with Crippen molar-refractivity contribution < 1.29 is 9.72 Å². The van der Waals surface area contributed by atoms with Gasteiger partial charge in [-0.2, -0.15) is 0 Å². The van der Waals surface area contributed by atoms with Gasteiger partial charge >= 0.3 is 0 Å². The lowest BCUT2D eigenvalue weighted by molar-refractivity contribution is -0.384. The number of rotatable bonds is 3. The third-order valence-corrected chi connectivity index (χ3v) is 5.64. The van der Waals surface area contributed by atoms with E-state index in [0.717, 1.165) is 17.5 Å². The molecule has 130 valence electrons. The fourth-order valence-electron chi connectivity index (χ4n) is 3.45. The molecule has 0 spiro atoms. The smallest absolute Gasteiger partial charge is 0.270 e. The first-order valence-electron chi connectivity index (χ1n) is 8.32. The molecule has 0 saturated carbocycles. The highest BCUT2D eigenvalue weighted by Crippen LogP contribution is 2.38. The number of hydrogen-bond acceptors (Lipinski definition) is 4. The number of amides is 1. The maximum atomic E-state index is 13.2. The molecular weight excluding hydrogens is 348 g/mol. The molecule has 1 aliphatic heterocycles. The molecule has 0 radical (unpaired) electrons. The van der Waals surface area contributed by atoms with Gasteiger partial charge in [0, 0.05) is 29.1 Å². The van der Waals surface area contributed by atoms with Crippen LogP contribution in [0.1, 0.15) is 32.4 Å².